The van der Waals surface area contributed by atoms with E-state index in [-0.39, 0.29) is 0 Å². The summed E-state index contributed by atoms with van der Waals surface area (Å²) in [5.74, 6) is -0.482. The van der Waals surface area contributed by atoms with Crippen LogP contribution in [0.15, 0.2) is 30.3 Å². The first-order valence-electron chi connectivity index (χ1n) is 8.61. The topological polar surface area (TPSA) is 53.8 Å². The summed E-state index contributed by atoms with van der Waals surface area (Å²) >= 11 is 0. The molecule has 0 aliphatic rings. The van der Waals surface area contributed by atoms with Crippen LogP contribution >= 0.6 is 0 Å². The molecule has 0 aliphatic carbocycles. The average Bonchev–Trinajstić information content (AvgIpc) is 2.55. The SMILES string of the molecule is CCCC[NH+](CCCC)CCOc1ccccc1/C=C/C(=O)[O-]. The summed E-state index contributed by atoms with van der Waals surface area (Å²) < 4.78 is 5.87. The quantitative estimate of drug-likeness (QED) is 0.591. The lowest BCUT2D eigenvalue weighted by molar-refractivity contribution is -0.900. The zero-order chi connectivity index (χ0) is 16.9. The maximum Gasteiger partial charge on any atom is 0.137 e. The van der Waals surface area contributed by atoms with E-state index in [1.807, 2.05) is 24.3 Å². The fourth-order valence-electron chi connectivity index (χ4n) is 2.44. The smallest absolute Gasteiger partial charge is 0.137 e. The van der Waals surface area contributed by atoms with E-state index in [0.29, 0.717) is 6.61 Å². The first kappa shape index (κ1) is 19.2. The van der Waals surface area contributed by atoms with Gasteiger partial charge in [-0.15, -0.1) is 0 Å². The molecule has 0 spiro atoms. The Morgan fingerprint density at radius 1 is 1.13 bits per heavy atom. The lowest BCUT2D eigenvalue weighted by Crippen LogP contribution is -3.12. The number of nitrogens with one attached hydrogen (secondary N) is 1. The van der Waals surface area contributed by atoms with Crippen molar-refractivity contribution in [2.24, 2.45) is 0 Å². The molecule has 0 heterocycles. The zero-order valence-corrected chi connectivity index (χ0v) is 14.3. The molecule has 1 aromatic carbocycles. The zero-order valence-electron chi connectivity index (χ0n) is 14.3. The van der Waals surface area contributed by atoms with E-state index in [9.17, 15) is 9.90 Å². The van der Waals surface area contributed by atoms with Gasteiger partial charge in [0.25, 0.3) is 0 Å². The second-order valence-corrected chi connectivity index (χ2v) is 5.75. The highest BCUT2D eigenvalue weighted by molar-refractivity contribution is 5.84. The van der Waals surface area contributed by atoms with Gasteiger partial charge in [-0.3, -0.25) is 0 Å². The van der Waals surface area contributed by atoms with Crippen molar-refractivity contribution < 1.29 is 19.5 Å². The van der Waals surface area contributed by atoms with E-state index < -0.39 is 5.97 Å². The summed E-state index contributed by atoms with van der Waals surface area (Å²) in [4.78, 5) is 12.1. The number of unbranched alkanes of at least 4 members (excludes halogenated alkanes) is 2. The van der Waals surface area contributed by atoms with Crippen LogP contribution in [0.25, 0.3) is 6.08 Å². The summed E-state index contributed by atoms with van der Waals surface area (Å²) in [5.41, 5.74) is 0.764. The molecule has 0 aromatic heterocycles. The number of carbonyl (C=O) groups excluding carboxylic acids is 1. The minimum absolute atomic E-state index is 0.638. The molecule has 1 aromatic rings. The van der Waals surface area contributed by atoms with E-state index in [1.54, 1.807) is 4.90 Å². The summed E-state index contributed by atoms with van der Waals surface area (Å²) in [7, 11) is 0. The molecule has 0 saturated heterocycles. The summed E-state index contributed by atoms with van der Waals surface area (Å²) in [5, 5.41) is 10.5. The number of ether oxygens (including phenoxy) is 1. The molecule has 23 heavy (non-hydrogen) atoms. The maximum atomic E-state index is 10.5. The molecule has 4 nitrogen and oxygen atoms in total. The van der Waals surface area contributed by atoms with Crippen molar-refractivity contribution in [2.45, 2.75) is 39.5 Å². The van der Waals surface area contributed by atoms with Crippen molar-refractivity contribution in [2.75, 3.05) is 26.2 Å². The van der Waals surface area contributed by atoms with Crippen molar-refractivity contribution in [3.05, 3.63) is 35.9 Å². The van der Waals surface area contributed by atoms with Gasteiger partial charge >= 0.3 is 0 Å². The number of aliphatic carboxylic acids is 1. The van der Waals surface area contributed by atoms with Gasteiger partial charge in [-0.05, 0) is 31.1 Å². The second kappa shape index (κ2) is 11.7. The van der Waals surface area contributed by atoms with Crippen LogP contribution in [0.5, 0.6) is 5.75 Å². The van der Waals surface area contributed by atoms with Crippen LogP contribution < -0.4 is 14.7 Å². The van der Waals surface area contributed by atoms with Gasteiger partial charge in [-0.2, -0.15) is 0 Å². The molecular weight excluding hydrogens is 290 g/mol. The van der Waals surface area contributed by atoms with Crippen molar-refractivity contribution in [3.63, 3.8) is 0 Å². The number of hydrogen-bond donors (Lipinski definition) is 1. The number of carbonyl (C=O) groups is 1. The van der Waals surface area contributed by atoms with Crippen LogP contribution in [0.3, 0.4) is 0 Å². The molecule has 128 valence electrons. The molecule has 0 fully saturated rings. The van der Waals surface area contributed by atoms with E-state index >= 15 is 0 Å². The Balaban J connectivity index is 2.53. The van der Waals surface area contributed by atoms with Crippen molar-refractivity contribution in [1.82, 2.24) is 0 Å². The van der Waals surface area contributed by atoms with Gasteiger partial charge in [0.15, 0.2) is 0 Å². The predicted octanol–water partition coefficient (Wildman–Crippen LogP) is 1.31. The third kappa shape index (κ3) is 8.41. The Labute approximate surface area is 139 Å². The summed E-state index contributed by atoms with van der Waals surface area (Å²) in [6, 6.07) is 7.46. The van der Waals surface area contributed by atoms with E-state index in [1.165, 1.54) is 44.8 Å². The minimum atomic E-state index is -1.20. The molecular formula is C19H29NO3. The molecule has 0 saturated carbocycles. The van der Waals surface area contributed by atoms with Gasteiger partial charge < -0.3 is 19.5 Å². The van der Waals surface area contributed by atoms with Crippen LogP contribution in [0.1, 0.15) is 45.1 Å². The minimum Gasteiger partial charge on any atom is -0.545 e. The lowest BCUT2D eigenvalue weighted by atomic mass is 10.2. The Hall–Kier alpha value is -1.81. The summed E-state index contributed by atoms with van der Waals surface area (Å²) in [6.07, 6.45) is 7.46. The van der Waals surface area contributed by atoms with Gasteiger partial charge in [0.1, 0.15) is 18.9 Å². The Bertz CT molecular complexity index is 477. The molecule has 1 rings (SSSR count). The highest BCUT2D eigenvalue weighted by Crippen LogP contribution is 2.19. The summed E-state index contributed by atoms with van der Waals surface area (Å²) in [6.45, 7) is 8.41. The van der Waals surface area contributed by atoms with E-state index in [0.717, 1.165) is 23.9 Å². The average molecular weight is 319 g/mol. The number of carboxylic acid groups (broad SMARTS) is 1. The maximum absolute atomic E-state index is 10.5. The van der Waals surface area contributed by atoms with Gasteiger partial charge in [0, 0.05) is 5.56 Å². The number of rotatable bonds is 12. The molecule has 0 aliphatic heterocycles. The van der Waals surface area contributed by atoms with Crippen LogP contribution in [-0.4, -0.2) is 32.2 Å². The Kier molecular flexibility index (Phi) is 9.80. The first-order valence-corrected chi connectivity index (χ1v) is 8.61. The van der Waals surface area contributed by atoms with Crippen molar-refractivity contribution in [3.8, 4) is 5.75 Å². The first-order chi connectivity index (χ1) is 11.2. The van der Waals surface area contributed by atoms with Crippen LogP contribution in [0, 0.1) is 0 Å². The number of hydrogen-bond acceptors (Lipinski definition) is 3. The van der Waals surface area contributed by atoms with Crippen LogP contribution in [0.2, 0.25) is 0 Å². The van der Waals surface area contributed by atoms with Crippen molar-refractivity contribution in [1.29, 1.82) is 0 Å². The molecule has 4 heteroatoms. The highest BCUT2D eigenvalue weighted by atomic mass is 16.5. The van der Waals surface area contributed by atoms with Crippen molar-refractivity contribution >= 4 is 12.0 Å². The second-order valence-electron chi connectivity index (χ2n) is 5.75. The molecule has 0 radical (unpaired) electrons. The third-order valence-electron chi connectivity index (χ3n) is 3.80. The predicted molar refractivity (Wildman–Crippen MR) is 91.4 cm³/mol. The van der Waals surface area contributed by atoms with E-state index in [2.05, 4.69) is 13.8 Å². The molecule has 1 N–H and O–H groups in total. The van der Waals surface area contributed by atoms with Gasteiger partial charge in [0.05, 0.1) is 19.1 Å². The molecule has 0 bridgehead atoms. The molecule has 0 atom stereocenters. The van der Waals surface area contributed by atoms with Gasteiger partial charge in [-0.25, -0.2) is 0 Å². The fourth-order valence-corrected chi connectivity index (χ4v) is 2.44. The molecule has 0 amide bonds. The Morgan fingerprint density at radius 2 is 1.78 bits per heavy atom. The largest absolute Gasteiger partial charge is 0.545 e. The van der Waals surface area contributed by atoms with Gasteiger partial charge in [0.2, 0.25) is 0 Å². The third-order valence-corrected chi connectivity index (χ3v) is 3.80. The Morgan fingerprint density at radius 3 is 2.39 bits per heavy atom. The van der Waals surface area contributed by atoms with Crippen LogP contribution in [-0.2, 0) is 4.79 Å². The standard InChI is InChI=1S/C19H29NO3/c1-3-5-13-20(14-6-4-2)15-16-23-18-10-8-7-9-17(18)11-12-19(21)22/h7-12H,3-6,13-16H2,1-2H3,(H,21,22)/b12-11+. The van der Waals surface area contributed by atoms with Gasteiger partial charge in [-0.1, -0.05) is 44.9 Å². The van der Waals surface area contributed by atoms with E-state index in [4.69, 9.17) is 4.74 Å². The normalized spacial score (nSPS) is 11.3. The fraction of sp³-hybridized carbons (Fsp3) is 0.526. The monoisotopic (exact) mass is 319 g/mol. The highest BCUT2D eigenvalue weighted by Gasteiger charge is 2.08. The number of para-hydroxylation sites is 1. The molecule has 0 unspecified atom stereocenters. The number of carboxylic acids is 1. The van der Waals surface area contributed by atoms with Crippen LogP contribution in [0.4, 0.5) is 0 Å². The lowest BCUT2D eigenvalue weighted by Gasteiger charge is -2.19. The number of quaternary nitrogens is 1. The number of benzene rings is 1.